The summed E-state index contributed by atoms with van der Waals surface area (Å²) in [6.07, 6.45) is 1.99. The van der Waals surface area contributed by atoms with E-state index >= 15 is 0 Å². The highest BCUT2D eigenvalue weighted by Gasteiger charge is 2.05. The Morgan fingerprint density at radius 2 is 1.69 bits per heavy atom. The molecular weight excluding hydrogens is 183 g/mol. The van der Waals surface area contributed by atoms with E-state index in [-0.39, 0.29) is 0 Å². The number of benzene rings is 1. The van der Waals surface area contributed by atoms with Crippen LogP contribution in [0.5, 0.6) is 0 Å². The molecule has 0 bridgehead atoms. The lowest BCUT2D eigenvalue weighted by Crippen LogP contribution is -1.93. The summed E-state index contributed by atoms with van der Waals surface area (Å²) in [5, 5.41) is 0. The SMILES string of the molecule is COP(CCc1ccccc1)OC. The zero-order valence-electron chi connectivity index (χ0n) is 8.06. The van der Waals surface area contributed by atoms with Gasteiger partial charge in [-0.05, 0) is 12.0 Å². The molecule has 0 fully saturated rings. The molecule has 0 amide bonds. The van der Waals surface area contributed by atoms with Gasteiger partial charge in [-0.15, -0.1) is 0 Å². The predicted octanol–water partition coefficient (Wildman–Crippen LogP) is 2.83. The molecule has 0 radical (unpaired) electrons. The van der Waals surface area contributed by atoms with Crippen LogP contribution >= 0.6 is 8.38 Å². The van der Waals surface area contributed by atoms with Crippen LogP contribution in [0.25, 0.3) is 0 Å². The lowest BCUT2D eigenvalue weighted by atomic mass is 10.2. The van der Waals surface area contributed by atoms with Gasteiger partial charge < -0.3 is 9.05 Å². The van der Waals surface area contributed by atoms with Gasteiger partial charge in [0.05, 0.1) is 0 Å². The molecule has 0 aliphatic heterocycles. The summed E-state index contributed by atoms with van der Waals surface area (Å²) in [5.74, 6) is 0. The Labute approximate surface area is 80.8 Å². The van der Waals surface area contributed by atoms with Gasteiger partial charge in [-0.25, -0.2) is 0 Å². The van der Waals surface area contributed by atoms with E-state index in [1.807, 2.05) is 6.07 Å². The minimum atomic E-state index is -0.680. The molecule has 0 N–H and O–H groups in total. The number of rotatable bonds is 5. The Morgan fingerprint density at radius 3 is 2.23 bits per heavy atom. The van der Waals surface area contributed by atoms with Crippen molar-refractivity contribution < 1.29 is 9.05 Å². The molecule has 1 rings (SSSR count). The zero-order valence-corrected chi connectivity index (χ0v) is 8.96. The van der Waals surface area contributed by atoms with E-state index in [9.17, 15) is 0 Å². The van der Waals surface area contributed by atoms with Crippen LogP contribution in [0, 0.1) is 0 Å². The minimum absolute atomic E-state index is 0.680. The average molecular weight is 198 g/mol. The molecule has 72 valence electrons. The first kappa shape index (κ1) is 10.6. The fourth-order valence-corrected chi connectivity index (χ4v) is 2.08. The summed E-state index contributed by atoms with van der Waals surface area (Å²) >= 11 is 0. The third-order valence-corrected chi connectivity index (χ3v) is 3.24. The van der Waals surface area contributed by atoms with Gasteiger partial charge in [0.2, 0.25) is 0 Å². The van der Waals surface area contributed by atoms with Crippen molar-refractivity contribution in [2.75, 3.05) is 20.4 Å². The van der Waals surface area contributed by atoms with E-state index in [1.54, 1.807) is 14.2 Å². The van der Waals surface area contributed by atoms with Crippen molar-refractivity contribution in [2.24, 2.45) is 0 Å². The van der Waals surface area contributed by atoms with Gasteiger partial charge in [0.15, 0.2) is 8.38 Å². The van der Waals surface area contributed by atoms with Crippen molar-refractivity contribution in [1.29, 1.82) is 0 Å². The highest BCUT2D eigenvalue weighted by molar-refractivity contribution is 7.47. The Bertz CT molecular complexity index is 222. The summed E-state index contributed by atoms with van der Waals surface area (Å²) in [5.41, 5.74) is 1.34. The molecule has 0 unspecified atom stereocenters. The fourth-order valence-electron chi connectivity index (χ4n) is 1.12. The molecule has 0 saturated heterocycles. The summed E-state index contributed by atoms with van der Waals surface area (Å²) in [4.78, 5) is 0. The molecular formula is C10H15O2P. The topological polar surface area (TPSA) is 18.5 Å². The molecule has 0 atom stereocenters. The summed E-state index contributed by atoms with van der Waals surface area (Å²) in [6.45, 7) is 0. The molecule has 3 heteroatoms. The van der Waals surface area contributed by atoms with Crippen LogP contribution in [-0.2, 0) is 15.5 Å². The quantitative estimate of drug-likeness (QED) is 0.677. The molecule has 0 heterocycles. The zero-order chi connectivity index (χ0) is 9.52. The van der Waals surface area contributed by atoms with Gasteiger partial charge in [-0.1, -0.05) is 30.3 Å². The maximum Gasteiger partial charge on any atom is 0.170 e. The summed E-state index contributed by atoms with van der Waals surface area (Å²) in [6, 6.07) is 10.4. The Morgan fingerprint density at radius 1 is 1.08 bits per heavy atom. The van der Waals surface area contributed by atoms with Crippen LogP contribution in [0.4, 0.5) is 0 Å². The van der Waals surface area contributed by atoms with Gasteiger partial charge in [-0.2, -0.15) is 0 Å². The fraction of sp³-hybridized carbons (Fsp3) is 0.400. The Hall–Kier alpha value is -0.430. The Balaban J connectivity index is 2.34. The lowest BCUT2D eigenvalue weighted by molar-refractivity contribution is 0.340. The predicted molar refractivity (Wildman–Crippen MR) is 56.0 cm³/mol. The van der Waals surface area contributed by atoms with Gasteiger partial charge >= 0.3 is 0 Å². The van der Waals surface area contributed by atoms with Gasteiger partial charge in [-0.3, -0.25) is 0 Å². The molecule has 13 heavy (non-hydrogen) atoms. The smallest absolute Gasteiger partial charge is 0.170 e. The highest BCUT2D eigenvalue weighted by Crippen LogP contribution is 2.36. The third-order valence-electron chi connectivity index (χ3n) is 1.83. The van der Waals surface area contributed by atoms with E-state index in [4.69, 9.17) is 9.05 Å². The van der Waals surface area contributed by atoms with Crippen LogP contribution in [0.1, 0.15) is 5.56 Å². The van der Waals surface area contributed by atoms with E-state index in [2.05, 4.69) is 24.3 Å². The van der Waals surface area contributed by atoms with Crippen LogP contribution in [0.3, 0.4) is 0 Å². The second-order valence-corrected chi connectivity index (χ2v) is 4.50. The second-order valence-electron chi connectivity index (χ2n) is 2.66. The molecule has 0 spiro atoms. The van der Waals surface area contributed by atoms with Crippen LogP contribution in [0.2, 0.25) is 0 Å². The van der Waals surface area contributed by atoms with Gasteiger partial charge in [0.25, 0.3) is 0 Å². The third kappa shape index (κ3) is 3.86. The largest absolute Gasteiger partial charge is 0.337 e. The normalized spacial score (nSPS) is 10.7. The average Bonchev–Trinajstić information content (AvgIpc) is 2.21. The van der Waals surface area contributed by atoms with E-state index in [0.29, 0.717) is 0 Å². The monoisotopic (exact) mass is 198 g/mol. The van der Waals surface area contributed by atoms with E-state index in [0.717, 1.165) is 12.6 Å². The summed E-state index contributed by atoms with van der Waals surface area (Å²) < 4.78 is 10.3. The molecule has 0 aliphatic rings. The molecule has 0 saturated carbocycles. The second kappa shape index (κ2) is 6.09. The van der Waals surface area contributed by atoms with Crippen LogP contribution < -0.4 is 0 Å². The minimum Gasteiger partial charge on any atom is -0.337 e. The number of aryl methyl sites for hydroxylation is 1. The first-order valence-corrected chi connectivity index (χ1v) is 5.62. The van der Waals surface area contributed by atoms with Crippen molar-refractivity contribution in [1.82, 2.24) is 0 Å². The molecule has 2 nitrogen and oxygen atoms in total. The number of hydrogen-bond donors (Lipinski definition) is 0. The molecule has 0 aromatic heterocycles. The van der Waals surface area contributed by atoms with Crippen LogP contribution in [0.15, 0.2) is 30.3 Å². The standard InChI is InChI=1S/C10H15O2P/c1-11-13(12-2)9-8-10-6-4-3-5-7-10/h3-7H,8-9H2,1-2H3. The molecule has 1 aromatic carbocycles. The first-order chi connectivity index (χ1) is 6.36. The molecule has 1 aromatic rings. The molecule has 0 aliphatic carbocycles. The summed E-state index contributed by atoms with van der Waals surface area (Å²) in [7, 11) is 2.71. The van der Waals surface area contributed by atoms with Crippen molar-refractivity contribution in [3.63, 3.8) is 0 Å². The lowest BCUT2D eigenvalue weighted by Gasteiger charge is -2.11. The highest BCUT2D eigenvalue weighted by atomic mass is 31.2. The maximum absolute atomic E-state index is 5.16. The first-order valence-electron chi connectivity index (χ1n) is 4.26. The van der Waals surface area contributed by atoms with Crippen molar-refractivity contribution >= 4 is 8.38 Å². The maximum atomic E-state index is 5.16. The van der Waals surface area contributed by atoms with Crippen molar-refractivity contribution in [3.8, 4) is 0 Å². The van der Waals surface area contributed by atoms with Gasteiger partial charge in [0.1, 0.15) is 0 Å². The van der Waals surface area contributed by atoms with Crippen molar-refractivity contribution in [2.45, 2.75) is 6.42 Å². The van der Waals surface area contributed by atoms with E-state index in [1.165, 1.54) is 5.56 Å². The Kier molecular flexibility index (Phi) is 4.99. The van der Waals surface area contributed by atoms with E-state index < -0.39 is 8.38 Å². The van der Waals surface area contributed by atoms with Crippen molar-refractivity contribution in [3.05, 3.63) is 35.9 Å². The van der Waals surface area contributed by atoms with Gasteiger partial charge in [0, 0.05) is 20.4 Å². The van der Waals surface area contributed by atoms with Crippen LogP contribution in [-0.4, -0.2) is 20.4 Å². The number of hydrogen-bond acceptors (Lipinski definition) is 2.